The van der Waals surface area contributed by atoms with E-state index in [1.807, 2.05) is 6.07 Å². The van der Waals surface area contributed by atoms with Crippen molar-refractivity contribution < 1.29 is 9.13 Å². The third-order valence-corrected chi connectivity index (χ3v) is 3.84. The van der Waals surface area contributed by atoms with Gasteiger partial charge in [-0.1, -0.05) is 15.9 Å². The summed E-state index contributed by atoms with van der Waals surface area (Å²) in [5.74, 6) is 5.91. The van der Waals surface area contributed by atoms with Gasteiger partial charge in [-0.2, -0.15) is 0 Å². The van der Waals surface area contributed by atoms with E-state index in [0.29, 0.717) is 17.9 Å². The molecule has 1 aliphatic rings. The van der Waals surface area contributed by atoms with E-state index in [4.69, 9.17) is 10.6 Å². The molecular formula is C13H18BrFN2O. The van der Waals surface area contributed by atoms with Crippen LogP contribution in [0.25, 0.3) is 0 Å². The molecule has 1 heterocycles. The van der Waals surface area contributed by atoms with Crippen LogP contribution in [0, 0.1) is 11.7 Å². The predicted octanol–water partition coefficient (Wildman–Crippen LogP) is 2.39. The first kappa shape index (κ1) is 13.9. The van der Waals surface area contributed by atoms with Crippen molar-refractivity contribution in [1.29, 1.82) is 0 Å². The van der Waals surface area contributed by atoms with Gasteiger partial charge in [0.05, 0.1) is 0 Å². The molecule has 1 saturated heterocycles. The van der Waals surface area contributed by atoms with Crippen molar-refractivity contribution in [2.24, 2.45) is 11.8 Å². The molecule has 0 amide bonds. The van der Waals surface area contributed by atoms with Crippen molar-refractivity contribution in [2.45, 2.75) is 25.3 Å². The topological polar surface area (TPSA) is 47.3 Å². The number of nitrogens with two attached hydrogens (primary N) is 1. The summed E-state index contributed by atoms with van der Waals surface area (Å²) in [5, 5.41) is 0. The highest BCUT2D eigenvalue weighted by atomic mass is 79.9. The van der Waals surface area contributed by atoms with Crippen LogP contribution in [0.3, 0.4) is 0 Å². The smallest absolute Gasteiger partial charge is 0.126 e. The molecule has 100 valence electrons. The van der Waals surface area contributed by atoms with Crippen LogP contribution in [0.15, 0.2) is 22.7 Å². The molecule has 1 aromatic rings. The zero-order valence-electron chi connectivity index (χ0n) is 10.2. The van der Waals surface area contributed by atoms with Gasteiger partial charge in [0.1, 0.15) is 5.82 Å². The molecule has 0 spiro atoms. The molecule has 0 bridgehead atoms. The van der Waals surface area contributed by atoms with Crippen LogP contribution in [0.2, 0.25) is 0 Å². The minimum absolute atomic E-state index is 0.0838. The zero-order valence-corrected chi connectivity index (χ0v) is 11.7. The van der Waals surface area contributed by atoms with E-state index in [9.17, 15) is 4.39 Å². The van der Waals surface area contributed by atoms with Gasteiger partial charge in [0.15, 0.2) is 0 Å². The summed E-state index contributed by atoms with van der Waals surface area (Å²) >= 11 is 3.36. The van der Waals surface area contributed by atoms with Crippen LogP contribution >= 0.6 is 15.9 Å². The quantitative estimate of drug-likeness (QED) is 0.647. The summed E-state index contributed by atoms with van der Waals surface area (Å²) < 4.78 is 19.9. The van der Waals surface area contributed by atoms with Crippen LogP contribution in [-0.2, 0) is 11.2 Å². The highest BCUT2D eigenvalue weighted by Gasteiger charge is 2.21. The number of rotatable bonds is 5. The lowest BCUT2D eigenvalue weighted by Crippen LogP contribution is -2.38. The average molecular weight is 317 g/mol. The monoisotopic (exact) mass is 316 g/mol. The minimum Gasteiger partial charge on any atom is -0.381 e. The number of ether oxygens (including phenoxy) is 1. The zero-order chi connectivity index (χ0) is 13.0. The van der Waals surface area contributed by atoms with Gasteiger partial charge in [0.2, 0.25) is 0 Å². The first-order chi connectivity index (χ1) is 8.69. The molecule has 3 nitrogen and oxygen atoms in total. The van der Waals surface area contributed by atoms with E-state index < -0.39 is 0 Å². The average Bonchev–Trinajstić information content (AvgIpc) is 2.85. The molecular weight excluding hydrogens is 299 g/mol. The molecule has 18 heavy (non-hydrogen) atoms. The molecule has 0 radical (unpaired) electrons. The Morgan fingerprint density at radius 2 is 2.39 bits per heavy atom. The highest BCUT2D eigenvalue weighted by Crippen LogP contribution is 2.22. The summed E-state index contributed by atoms with van der Waals surface area (Å²) in [5.41, 5.74) is 3.47. The molecule has 1 fully saturated rings. The van der Waals surface area contributed by atoms with E-state index in [-0.39, 0.29) is 11.9 Å². The minimum atomic E-state index is -0.180. The lowest BCUT2D eigenvalue weighted by atomic mass is 9.95. The van der Waals surface area contributed by atoms with Gasteiger partial charge >= 0.3 is 0 Å². The maximum atomic E-state index is 13.7. The first-order valence-electron chi connectivity index (χ1n) is 6.17. The fourth-order valence-electron chi connectivity index (χ4n) is 2.35. The second kappa shape index (κ2) is 6.61. The summed E-state index contributed by atoms with van der Waals surface area (Å²) in [6, 6.07) is 5.07. The Morgan fingerprint density at radius 3 is 3.06 bits per heavy atom. The van der Waals surface area contributed by atoms with Crippen LogP contribution in [-0.4, -0.2) is 19.3 Å². The van der Waals surface area contributed by atoms with Gasteiger partial charge in [-0.15, -0.1) is 0 Å². The highest BCUT2D eigenvalue weighted by molar-refractivity contribution is 9.10. The second-order valence-electron chi connectivity index (χ2n) is 4.77. The number of hydrogen-bond donors (Lipinski definition) is 2. The van der Waals surface area contributed by atoms with Gasteiger partial charge < -0.3 is 4.74 Å². The van der Waals surface area contributed by atoms with E-state index in [2.05, 4.69) is 21.4 Å². The molecule has 1 aliphatic heterocycles. The Bertz CT molecular complexity index is 397. The molecule has 1 aromatic carbocycles. The normalized spacial score (nSPS) is 21.2. The van der Waals surface area contributed by atoms with Gasteiger partial charge in [0, 0.05) is 23.7 Å². The van der Waals surface area contributed by atoms with Gasteiger partial charge in [-0.05, 0) is 48.9 Å². The third kappa shape index (κ3) is 3.75. The number of nitrogens with one attached hydrogen (secondary N) is 1. The van der Waals surface area contributed by atoms with Crippen molar-refractivity contribution in [3.05, 3.63) is 34.1 Å². The second-order valence-corrected chi connectivity index (χ2v) is 5.68. The summed E-state index contributed by atoms with van der Waals surface area (Å²) in [7, 11) is 0. The van der Waals surface area contributed by atoms with E-state index in [1.54, 1.807) is 6.07 Å². The molecule has 3 N–H and O–H groups in total. The molecule has 2 unspecified atom stereocenters. The van der Waals surface area contributed by atoms with E-state index >= 15 is 0 Å². The van der Waals surface area contributed by atoms with Crippen molar-refractivity contribution >= 4 is 15.9 Å². The molecule has 0 saturated carbocycles. The predicted molar refractivity (Wildman–Crippen MR) is 72.5 cm³/mol. The fourth-order valence-corrected chi connectivity index (χ4v) is 2.76. The molecule has 5 heteroatoms. The lowest BCUT2D eigenvalue weighted by molar-refractivity contribution is 0.181. The number of hydrogen-bond acceptors (Lipinski definition) is 3. The third-order valence-electron chi connectivity index (χ3n) is 3.35. The Hall–Kier alpha value is -0.490. The van der Waals surface area contributed by atoms with Crippen LogP contribution < -0.4 is 11.3 Å². The number of halogens is 2. The van der Waals surface area contributed by atoms with Crippen molar-refractivity contribution in [2.75, 3.05) is 13.2 Å². The van der Waals surface area contributed by atoms with E-state index in [1.165, 1.54) is 6.07 Å². The van der Waals surface area contributed by atoms with Crippen LogP contribution in [0.1, 0.15) is 18.4 Å². The Morgan fingerprint density at radius 1 is 1.56 bits per heavy atom. The maximum absolute atomic E-state index is 13.7. The molecule has 2 atom stereocenters. The van der Waals surface area contributed by atoms with Crippen LogP contribution in [0.5, 0.6) is 0 Å². The Kier molecular flexibility index (Phi) is 5.12. The van der Waals surface area contributed by atoms with Crippen LogP contribution in [0.4, 0.5) is 4.39 Å². The van der Waals surface area contributed by atoms with E-state index in [0.717, 1.165) is 30.5 Å². The standard InChI is InChI=1S/C13H18BrFN2O/c14-11-1-2-13(15)10(6-11)7-12(17-16)5-9-3-4-18-8-9/h1-2,6,9,12,17H,3-5,7-8,16H2. The first-order valence-corrected chi connectivity index (χ1v) is 6.96. The van der Waals surface area contributed by atoms with Gasteiger partial charge in [-0.25, -0.2) is 4.39 Å². The Balaban J connectivity index is 1.98. The van der Waals surface area contributed by atoms with Crippen molar-refractivity contribution in [1.82, 2.24) is 5.43 Å². The molecule has 0 aromatic heterocycles. The molecule has 2 rings (SSSR count). The van der Waals surface area contributed by atoms with Crippen molar-refractivity contribution in [3.63, 3.8) is 0 Å². The largest absolute Gasteiger partial charge is 0.381 e. The maximum Gasteiger partial charge on any atom is 0.126 e. The SMILES string of the molecule is NNC(Cc1cc(Br)ccc1F)CC1CCOC1. The Labute approximate surface area is 115 Å². The van der Waals surface area contributed by atoms with Crippen molar-refractivity contribution in [3.8, 4) is 0 Å². The number of hydrazine groups is 1. The summed E-state index contributed by atoms with van der Waals surface area (Å²) in [6.07, 6.45) is 2.58. The number of benzene rings is 1. The van der Waals surface area contributed by atoms with Gasteiger partial charge in [-0.3, -0.25) is 11.3 Å². The van der Waals surface area contributed by atoms with Gasteiger partial charge in [0.25, 0.3) is 0 Å². The summed E-state index contributed by atoms with van der Waals surface area (Å²) in [4.78, 5) is 0. The molecule has 0 aliphatic carbocycles. The fraction of sp³-hybridized carbons (Fsp3) is 0.538. The lowest BCUT2D eigenvalue weighted by Gasteiger charge is -2.19. The summed E-state index contributed by atoms with van der Waals surface area (Å²) in [6.45, 7) is 1.62.